The second kappa shape index (κ2) is 4.57. The third-order valence-corrected chi connectivity index (χ3v) is 2.84. The minimum Gasteiger partial charge on any atom is -0.481 e. The van der Waals surface area contributed by atoms with E-state index in [0.717, 1.165) is 18.5 Å². The number of aliphatic carboxylic acids is 1. The van der Waals surface area contributed by atoms with Crippen LogP contribution < -0.4 is 5.32 Å². The minimum absolute atomic E-state index is 0.111. The molecule has 1 aromatic heterocycles. The first-order valence-electron chi connectivity index (χ1n) is 5.64. The number of carbonyl (C=O) groups is 2. The smallest absolute Gasteiger partial charge is 0.308 e. The summed E-state index contributed by atoms with van der Waals surface area (Å²) in [6.45, 7) is 1.66. The molecule has 0 aromatic carbocycles. The molecule has 0 radical (unpaired) electrons. The van der Waals surface area contributed by atoms with E-state index in [1.807, 2.05) is 0 Å². The van der Waals surface area contributed by atoms with E-state index in [9.17, 15) is 9.59 Å². The van der Waals surface area contributed by atoms with Gasteiger partial charge in [0.1, 0.15) is 5.69 Å². The molecule has 1 heterocycles. The summed E-state index contributed by atoms with van der Waals surface area (Å²) in [6.07, 6.45) is 2.28. The lowest BCUT2D eigenvalue weighted by molar-refractivity contribution is -0.140. The standard InChI is InChI=1S/C11H15N3O3/c1-6(11(16)17)5-12-10(15)9-4-8(13-14-9)7-2-3-7/h4,6-7H,2-3,5H2,1H3,(H,12,15)(H,13,14)(H,16,17). The second-order valence-corrected chi connectivity index (χ2v) is 4.43. The van der Waals surface area contributed by atoms with Gasteiger partial charge in [-0.25, -0.2) is 0 Å². The number of amides is 1. The van der Waals surface area contributed by atoms with E-state index in [4.69, 9.17) is 5.11 Å². The zero-order valence-electron chi connectivity index (χ0n) is 9.56. The van der Waals surface area contributed by atoms with Crippen molar-refractivity contribution in [2.24, 2.45) is 5.92 Å². The van der Waals surface area contributed by atoms with Crippen molar-refractivity contribution in [3.63, 3.8) is 0 Å². The first-order chi connectivity index (χ1) is 8.08. The summed E-state index contributed by atoms with van der Waals surface area (Å²) in [5.41, 5.74) is 1.31. The number of rotatable bonds is 5. The van der Waals surface area contributed by atoms with Crippen LogP contribution >= 0.6 is 0 Å². The molecule has 1 aromatic rings. The summed E-state index contributed by atoms with van der Waals surface area (Å²) < 4.78 is 0. The summed E-state index contributed by atoms with van der Waals surface area (Å²) >= 11 is 0. The van der Waals surface area contributed by atoms with Crippen molar-refractivity contribution in [3.05, 3.63) is 17.5 Å². The van der Waals surface area contributed by atoms with Crippen molar-refractivity contribution < 1.29 is 14.7 Å². The average Bonchev–Trinajstić information content (AvgIpc) is 3.03. The van der Waals surface area contributed by atoms with Gasteiger partial charge in [0.15, 0.2) is 0 Å². The quantitative estimate of drug-likeness (QED) is 0.703. The molecule has 0 aliphatic heterocycles. The van der Waals surface area contributed by atoms with E-state index in [2.05, 4.69) is 15.5 Å². The van der Waals surface area contributed by atoms with E-state index in [1.54, 1.807) is 13.0 Å². The van der Waals surface area contributed by atoms with Crippen LogP contribution in [-0.2, 0) is 4.79 Å². The molecular weight excluding hydrogens is 222 g/mol. The molecule has 0 spiro atoms. The number of nitrogens with zero attached hydrogens (tertiary/aromatic N) is 1. The van der Waals surface area contributed by atoms with E-state index >= 15 is 0 Å². The van der Waals surface area contributed by atoms with Crippen LogP contribution in [0.1, 0.15) is 41.9 Å². The SMILES string of the molecule is CC(CNC(=O)c1cc(C2CC2)[nH]n1)C(=O)O. The molecular formula is C11H15N3O3. The number of aromatic nitrogens is 2. The Kier molecular flexibility index (Phi) is 3.12. The van der Waals surface area contributed by atoms with Crippen LogP contribution in [0.4, 0.5) is 0 Å². The Morgan fingerprint density at radius 2 is 2.35 bits per heavy atom. The lowest BCUT2D eigenvalue weighted by atomic mass is 10.2. The van der Waals surface area contributed by atoms with Gasteiger partial charge in [0.25, 0.3) is 5.91 Å². The van der Waals surface area contributed by atoms with E-state index < -0.39 is 11.9 Å². The fourth-order valence-electron chi connectivity index (χ4n) is 1.48. The van der Waals surface area contributed by atoms with E-state index in [0.29, 0.717) is 11.6 Å². The van der Waals surface area contributed by atoms with E-state index in [-0.39, 0.29) is 12.5 Å². The summed E-state index contributed by atoms with van der Waals surface area (Å²) in [5, 5.41) is 18.0. The van der Waals surface area contributed by atoms with Gasteiger partial charge in [-0.3, -0.25) is 14.7 Å². The Morgan fingerprint density at radius 3 is 2.94 bits per heavy atom. The van der Waals surface area contributed by atoms with Crippen LogP contribution in [0.25, 0.3) is 0 Å². The fourth-order valence-corrected chi connectivity index (χ4v) is 1.48. The predicted molar refractivity (Wildman–Crippen MR) is 59.7 cm³/mol. The lowest BCUT2D eigenvalue weighted by Gasteiger charge is -2.06. The number of carboxylic acids is 1. The lowest BCUT2D eigenvalue weighted by Crippen LogP contribution is -2.31. The Balaban J connectivity index is 1.88. The largest absolute Gasteiger partial charge is 0.481 e. The molecule has 6 nitrogen and oxygen atoms in total. The van der Waals surface area contributed by atoms with Gasteiger partial charge in [-0.05, 0) is 18.9 Å². The highest BCUT2D eigenvalue weighted by atomic mass is 16.4. The molecule has 1 saturated carbocycles. The Morgan fingerprint density at radius 1 is 1.65 bits per heavy atom. The van der Waals surface area contributed by atoms with Gasteiger partial charge in [0, 0.05) is 18.2 Å². The molecule has 92 valence electrons. The van der Waals surface area contributed by atoms with Crippen molar-refractivity contribution in [1.29, 1.82) is 0 Å². The van der Waals surface area contributed by atoms with Gasteiger partial charge in [0.2, 0.25) is 0 Å². The maximum atomic E-state index is 11.6. The van der Waals surface area contributed by atoms with Crippen LogP contribution in [0.15, 0.2) is 6.07 Å². The molecule has 0 saturated heterocycles. The number of carbonyl (C=O) groups excluding carboxylic acids is 1. The second-order valence-electron chi connectivity index (χ2n) is 4.43. The highest BCUT2D eigenvalue weighted by Crippen LogP contribution is 2.38. The Bertz CT molecular complexity index is 437. The third-order valence-electron chi connectivity index (χ3n) is 2.84. The van der Waals surface area contributed by atoms with Gasteiger partial charge in [-0.2, -0.15) is 5.10 Å². The molecule has 0 bridgehead atoms. The number of aromatic amines is 1. The Labute approximate surface area is 98.4 Å². The predicted octanol–water partition coefficient (Wildman–Crippen LogP) is 0.738. The van der Waals surface area contributed by atoms with E-state index in [1.165, 1.54) is 0 Å². The molecule has 1 atom stereocenters. The number of nitrogens with one attached hydrogen (secondary N) is 2. The zero-order chi connectivity index (χ0) is 12.4. The topological polar surface area (TPSA) is 95.1 Å². The van der Waals surface area contributed by atoms with Crippen LogP contribution in [0.2, 0.25) is 0 Å². The minimum atomic E-state index is -0.925. The number of carboxylic acid groups (broad SMARTS) is 1. The van der Waals surface area contributed by atoms with Gasteiger partial charge in [-0.1, -0.05) is 6.92 Å². The number of hydrogen-bond donors (Lipinski definition) is 3. The molecule has 3 N–H and O–H groups in total. The normalized spacial score (nSPS) is 16.5. The van der Waals surface area contributed by atoms with Crippen molar-refractivity contribution in [2.75, 3.05) is 6.54 Å². The van der Waals surface area contributed by atoms with Crippen molar-refractivity contribution in [1.82, 2.24) is 15.5 Å². The number of hydrogen-bond acceptors (Lipinski definition) is 3. The number of H-pyrrole nitrogens is 1. The van der Waals surface area contributed by atoms with Crippen molar-refractivity contribution in [3.8, 4) is 0 Å². The van der Waals surface area contributed by atoms with Gasteiger partial charge >= 0.3 is 5.97 Å². The summed E-state index contributed by atoms with van der Waals surface area (Å²) in [5.74, 6) is -1.34. The maximum Gasteiger partial charge on any atom is 0.308 e. The van der Waals surface area contributed by atoms with Crippen LogP contribution in [0.3, 0.4) is 0 Å². The molecule has 1 unspecified atom stereocenters. The molecule has 2 rings (SSSR count). The molecule has 1 aliphatic carbocycles. The zero-order valence-corrected chi connectivity index (χ0v) is 9.56. The summed E-state index contributed by atoms with van der Waals surface area (Å²) in [6, 6.07) is 1.73. The third kappa shape index (κ3) is 2.83. The fraction of sp³-hybridized carbons (Fsp3) is 0.545. The van der Waals surface area contributed by atoms with Crippen molar-refractivity contribution in [2.45, 2.75) is 25.7 Å². The van der Waals surface area contributed by atoms with Crippen LogP contribution in [-0.4, -0.2) is 33.7 Å². The monoisotopic (exact) mass is 237 g/mol. The maximum absolute atomic E-state index is 11.6. The molecule has 6 heteroatoms. The summed E-state index contributed by atoms with van der Waals surface area (Å²) in [4.78, 5) is 22.2. The van der Waals surface area contributed by atoms with Gasteiger partial charge in [0.05, 0.1) is 5.92 Å². The van der Waals surface area contributed by atoms with Crippen LogP contribution in [0.5, 0.6) is 0 Å². The molecule has 17 heavy (non-hydrogen) atoms. The van der Waals surface area contributed by atoms with Crippen molar-refractivity contribution >= 4 is 11.9 Å². The Hall–Kier alpha value is -1.85. The molecule has 1 amide bonds. The first-order valence-corrected chi connectivity index (χ1v) is 5.64. The van der Waals surface area contributed by atoms with Gasteiger partial charge < -0.3 is 10.4 Å². The highest BCUT2D eigenvalue weighted by molar-refractivity contribution is 5.92. The molecule has 1 fully saturated rings. The van der Waals surface area contributed by atoms with Gasteiger partial charge in [-0.15, -0.1) is 0 Å². The van der Waals surface area contributed by atoms with Crippen LogP contribution in [0, 0.1) is 5.92 Å². The molecule has 1 aliphatic rings. The highest BCUT2D eigenvalue weighted by Gasteiger charge is 2.26. The average molecular weight is 237 g/mol. The first kappa shape index (κ1) is 11.6. The summed E-state index contributed by atoms with van der Waals surface area (Å²) in [7, 11) is 0.